The minimum absolute atomic E-state index is 0.151. The second-order valence-electron chi connectivity index (χ2n) is 4.71. The van der Waals surface area contributed by atoms with Crippen LogP contribution in [0.25, 0.3) is 0 Å². The molecule has 18 heavy (non-hydrogen) atoms. The van der Waals surface area contributed by atoms with Gasteiger partial charge >= 0.3 is 0 Å². The summed E-state index contributed by atoms with van der Waals surface area (Å²) in [5.41, 5.74) is 3.02. The quantitative estimate of drug-likeness (QED) is 0.641. The maximum absolute atomic E-state index is 12.1. The van der Waals surface area contributed by atoms with Gasteiger partial charge < -0.3 is 10.1 Å². The van der Waals surface area contributed by atoms with Gasteiger partial charge in [0, 0.05) is 25.9 Å². The summed E-state index contributed by atoms with van der Waals surface area (Å²) < 4.78 is 0. The first-order valence-electron chi connectivity index (χ1n) is 6.22. The van der Waals surface area contributed by atoms with E-state index in [0.717, 1.165) is 11.3 Å². The Morgan fingerprint density at radius 1 is 1.39 bits per heavy atom. The Hall–Kier alpha value is -1.84. The summed E-state index contributed by atoms with van der Waals surface area (Å²) in [6, 6.07) is 8.03. The molecule has 1 saturated heterocycles. The van der Waals surface area contributed by atoms with E-state index in [1.54, 1.807) is 0 Å². The van der Waals surface area contributed by atoms with Crippen LogP contribution in [0.1, 0.15) is 24.0 Å². The van der Waals surface area contributed by atoms with Crippen LogP contribution < -0.4 is 0 Å². The maximum atomic E-state index is 12.1. The number of piperidine rings is 1. The van der Waals surface area contributed by atoms with Crippen molar-refractivity contribution in [1.82, 2.24) is 4.90 Å². The van der Waals surface area contributed by atoms with Crippen LogP contribution in [0, 0.1) is 6.92 Å². The van der Waals surface area contributed by atoms with Crippen LogP contribution in [0.2, 0.25) is 0 Å². The molecule has 1 fully saturated rings. The van der Waals surface area contributed by atoms with Crippen molar-refractivity contribution >= 4 is 11.6 Å². The van der Waals surface area contributed by atoms with E-state index in [-0.39, 0.29) is 5.91 Å². The molecular weight excluding hydrogens is 228 g/mol. The first-order valence-corrected chi connectivity index (χ1v) is 6.22. The highest BCUT2D eigenvalue weighted by molar-refractivity contribution is 5.87. The van der Waals surface area contributed by atoms with E-state index in [1.165, 1.54) is 5.56 Å². The van der Waals surface area contributed by atoms with Gasteiger partial charge in [-0.15, -0.1) is 0 Å². The topological polar surface area (TPSA) is 52.9 Å². The summed E-state index contributed by atoms with van der Waals surface area (Å²) in [7, 11) is 0. The molecule has 0 aromatic heterocycles. The predicted octanol–water partition coefficient (Wildman–Crippen LogP) is 1.99. The number of amides is 1. The number of benzene rings is 1. The van der Waals surface area contributed by atoms with E-state index in [2.05, 4.69) is 5.16 Å². The lowest BCUT2D eigenvalue weighted by Crippen LogP contribution is -2.39. The van der Waals surface area contributed by atoms with Gasteiger partial charge in [-0.3, -0.25) is 4.79 Å². The first kappa shape index (κ1) is 12.6. The number of nitrogens with zero attached hydrogens (tertiary/aromatic N) is 2. The van der Waals surface area contributed by atoms with Crippen molar-refractivity contribution in [2.75, 3.05) is 13.1 Å². The second-order valence-corrected chi connectivity index (χ2v) is 4.71. The largest absolute Gasteiger partial charge is 0.411 e. The van der Waals surface area contributed by atoms with Crippen LogP contribution in [0.4, 0.5) is 0 Å². The monoisotopic (exact) mass is 246 g/mol. The van der Waals surface area contributed by atoms with Gasteiger partial charge in [-0.1, -0.05) is 35.0 Å². The lowest BCUT2D eigenvalue weighted by Gasteiger charge is -2.27. The fourth-order valence-electron chi connectivity index (χ4n) is 2.22. The van der Waals surface area contributed by atoms with Gasteiger partial charge in [-0.05, 0) is 12.5 Å². The van der Waals surface area contributed by atoms with Crippen LogP contribution in [-0.4, -0.2) is 34.8 Å². The van der Waals surface area contributed by atoms with Gasteiger partial charge in [0.2, 0.25) is 5.91 Å². The average molecular weight is 246 g/mol. The molecule has 1 aliphatic heterocycles. The van der Waals surface area contributed by atoms with E-state index >= 15 is 0 Å². The Kier molecular flexibility index (Phi) is 3.97. The Bertz CT molecular complexity index is 459. The number of aryl methyl sites for hydroxylation is 1. The summed E-state index contributed by atoms with van der Waals surface area (Å²) in [4.78, 5) is 13.9. The third-order valence-electron chi connectivity index (χ3n) is 3.27. The molecule has 0 bridgehead atoms. The molecule has 1 N–H and O–H groups in total. The van der Waals surface area contributed by atoms with Crippen molar-refractivity contribution in [3.63, 3.8) is 0 Å². The molecule has 1 aliphatic rings. The Morgan fingerprint density at radius 2 is 2.11 bits per heavy atom. The molecule has 0 atom stereocenters. The zero-order valence-electron chi connectivity index (χ0n) is 10.6. The molecule has 1 aromatic rings. The molecule has 0 radical (unpaired) electrons. The zero-order valence-corrected chi connectivity index (χ0v) is 10.6. The van der Waals surface area contributed by atoms with Gasteiger partial charge in [-0.25, -0.2) is 0 Å². The minimum Gasteiger partial charge on any atom is -0.411 e. The molecule has 1 heterocycles. The molecule has 0 aliphatic carbocycles. The number of carbonyl (C=O) groups excluding carboxylic acids is 1. The third-order valence-corrected chi connectivity index (χ3v) is 3.27. The fraction of sp³-hybridized carbons (Fsp3) is 0.429. The van der Waals surface area contributed by atoms with E-state index in [0.29, 0.717) is 32.4 Å². The number of rotatable bonds is 2. The zero-order chi connectivity index (χ0) is 13.0. The summed E-state index contributed by atoms with van der Waals surface area (Å²) in [6.45, 7) is 3.34. The summed E-state index contributed by atoms with van der Waals surface area (Å²) >= 11 is 0. The van der Waals surface area contributed by atoms with Crippen LogP contribution in [0.5, 0.6) is 0 Å². The average Bonchev–Trinajstić information content (AvgIpc) is 2.39. The molecular formula is C14H18N2O2. The molecule has 4 nitrogen and oxygen atoms in total. The van der Waals surface area contributed by atoms with Crippen molar-refractivity contribution in [3.8, 4) is 0 Å². The number of hydrogen-bond acceptors (Lipinski definition) is 3. The number of likely N-dealkylation sites (tertiary alicyclic amines) is 1. The van der Waals surface area contributed by atoms with Crippen LogP contribution >= 0.6 is 0 Å². The van der Waals surface area contributed by atoms with Crippen molar-refractivity contribution in [1.29, 1.82) is 0 Å². The smallest absolute Gasteiger partial charge is 0.227 e. The SMILES string of the molecule is Cc1cccc(CC(=O)N2CCC(=NO)CC2)c1. The normalized spacial score (nSPS) is 15.6. The van der Waals surface area contributed by atoms with Crippen molar-refractivity contribution in [2.45, 2.75) is 26.2 Å². The molecule has 0 unspecified atom stereocenters. The van der Waals surface area contributed by atoms with Gasteiger partial charge in [0.05, 0.1) is 12.1 Å². The predicted molar refractivity (Wildman–Crippen MR) is 69.9 cm³/mol. The van der Waals surface area contributed by atoms with E-state index < -0.39 is 0 Å². The molecule has 0 saturated carbocycles. The Labute approximate surface area is 107 Å². The first-order chi connectivity index (χ1) is 8.69. The molecule has 4 heteroatoms. The van der Waals surface area contributed by atoms with Crippen molar-refractivity contribution in [2.24, 2.45) is 5.16 Å². The molecule has 0 spiro atoms. The molecule has 96 valence electrons. The lowest BCUT2D eigenvalue weighted by molar-refractivity contribution is -0.130. The highest BCUT2D eigenvalue weighted by Crippen LogP contribution is 2.11. The van der Waals surface area contributed by atoms with Crippen molar-refractivity contribution < 1.29 is 10.0 Å². The van der Waals surface area contributed by atoms with Gasteiger partial charge in [0.1, 0.15) is 0 Å². The van der Waals surface area contributed by atoms with Gasteiger partial charge in [0.15, 0.2) is 0 Å². The van der Waals surface area contributed by atoms with Crippen LogP contribution in [0.15, 0.2) is 29.4 Å². The summed E-state index contributed by atoms with van der Waals surface area (Å²) in [6.07, 6.45) is 1.80. The van der Waals surface area contributed by atoms with Crippen LogP contribution in [0.3, 0.4) is 0 Å². The standard InChI is InChI=1S/C14H18N2O2/c1-11-3-2-4-12(9-11)10-14(17)16-7-5-13(15-18)6-8-16/h2-4,9,18H,5-8,10H2,1H3. The van der Waals surface area contributed by atoms with Gasteiger partial charge in [0.25, 0.3) is 0 Å². The lowest BCUT2D eigenvalue weighted by atomic mass is 10.1. The highest BCUT2D eigenvalue weighted by atomic mass is 16.4. The maximum Gasteiger partial charge on any atom is 0.227 e. The highest BCUT2D eigenvalue weighted by Gasteiger charge is 2.20. The van der Waals surface area contributed by atoms with E-state index in [1.807, 2.05) is 36.1 Å². The van der Waals surface area contributed by atoms with E-state index in [9.17, 15) is 4.79 Å². The fourth-order valence-corrected chi connectivity index (χ4v) is 2.22. The summed E-state index contributed by atoms with van der Waals surface area (Å²) in [5, 5.41) is 11.9. The second kappa shape index (κ2) is 5.67. The third kappa shape index (κ3) is 3.09. The minimum atomic E-state index is 0.151. The van der Waals surface area contributed by atoms with Crippen LogP contribution in [-0.2, 0) is 11.2 Å². The molecule has 1 aromatic carbocycles. The Morgan fingerprint density at radius 3 is 2.72 bits per heavy atom. The molecule has 1 amide bonds. The summed E-state index contributed by atoms with van der Waals surface area (Å²) in [5.74, 6) is 0.151. The van der Waals surface area contributed by atoms with Crippen molar-refractivity contribution in [3.05, 3.63) is 35.4 Å². The molecule has 2 rings (SSSR count). The Balaban J connectivity index is 1.93. The van der Waals surface area contributed by atoms with E-state index in [4.69, 9.17) is 5.21 Å². The number of hydrogen-bond donors (Lipinski definition) is 1. The van der Waals surface area contributed by atoms with Gasteiger partial charge in [-0.2, -0.15) is 0 Å². The number of oxime groups is 1. The number of carbonyl (C=O) groups is 1.